The number of rotatable bonds is 7. The van der Waals surface area contributed by atoms with Crippen molar-refractivity contribution >= 4 is 17.5 Å². The van der Waals surface area contributed by atoms with Crippen molar-refractivity contribution in [2.75, 3.05) is 24.7 Å². The fourth-order valence-corrected chi connectivity index (χ4v) is 3.33. The normalized spacial score (nSPS) is 15.9. The minimum absolute atomic E-state index is 0.0757. The van der Waals surface area contributed by atoms with Crippen molar-refractivity contribution in [3.63, 3.8) is 0 Å². The Balaban J connectivity index is 1.93. The minimum Gasteiger partial charge on any atom is -0.478 e. The van der Waals surface area contributed by atoms with Crippen molar-refractivity contribution < 1.29 is 14.3 Å². The summed E-state index contributed by atoms with van der Waals surface area (Å²) in [5, 5.41) is 5.95. The van der Waals surface area contributed by atoms with Crippen molar-refractivity contribution in [1.29, 1.82) is 0 Å². The summed E-state index contributed by atoms with van der Waals surface area (Å²) in [5.41, 5.74) is 1.88. The van der Waals surface area contributed by atoms with Crippen molar-refractivity contribution in [2.45, 2.75) is 32.7 Å². The van der Waals surface area contributed by atoms with Crippen molar-refractivity contribution in [2.24, 2.45) is 0 Å². The van der Waals surface area contributed by atoms with Crippen molar-refractivity contribution in [3.05, 3.63) is 53.7 Å². The number of benzene rings is 1. The monoisotopic (exact) mass is 382 g/mol. The molecule has 148 valence electrons. The van der Waals surface area contributed by atoms with Gasteiger partial charge in [0.15, 0.2) is 5.78 Å². The number of hydrogen-bond acceptors (Lipinski definition) is 5. The van der Waals surface area contributed by atoms with Crippen LogP contribution in [0.3, 0.4) is 0 Å². The average molecular weight is 382 g/mol. The zero-order valence-corrected chi connectivity index (χ0v) is 16.3. The lowest BCUT2D eigenvalue weighted by Crippen LogP contribution is -2.52. The molecular weight excluding hydrogens is 356 g/mol. The number of nitrogens with zero attached hydrogens (tertiary/aromatic N) is 2. The van der Waals surface area contributed by atoms with Gasteiger partial charge in [0, 0.05) is 12.5 Å². The molecule has 0 radical (unpaired) electrons. The van der Waals surface area contributed by atoms with E-state index in [-0.39, 0.29) is 30.0 Å². The molecule has 1 atom stereocenters. The molecular formula is C21H26N4O3. The summed E-state index contributed by atoms with van der Waals surface area (Å²) in [4.78, 5) is 31.7. The van der Waals surface area contributed by atoms with Crippen LogP contribution < -0.4 is 20.3 Å². The number of aromatic nitrogens is 1. The number of carbonyl (C=O) groups is 2. The van der Waals surface area contributed by atoms with Gasteiger partial charge in [0.2, 0.25) is 5.88 Å². The first-order chi connectivity index (χ1) is 13.6. The van der Waals surface area contributed by atoms with Gasteiger partial charge >= 0.3 is 6.03 Å². The third-order valence-corrected chi connectivity index (χ3v) is 4.60. The third-order valence-electron chi connectivity index (χ3n) is 4.60. The molecule has 2 N–H and O–H groups in total. The lowest BCUT2D eigenvalue weighted by Gasteiger charge is -2.36. The molecule has 0 aliphatic carbocycles. The molecule has 0 fully saturated rings. The lowest BCUT2D eigenvalue weighted by molar-refractivity contribution is 0.0961. The van der Waals surface area contributed by atoms with Gasteiger partial charge in [-0.15, -0.1) is 0 Å². The van der Waals surface area contributed by atoms with Gasteiger partial charge in [0.05, 0.1) is 25.0 Å². The number of urea groups is 1. The molecule has 0 bridgehead atoms. The van der Waals surface area contributed by atoms with Crippen LogP contribution in [0.15, 0.2) is 42.5 Å². The lowest BCUT2D eigenvalue weighted by atomic mass is 9.93. The molecule has 7 nitrogen and oxygen atoms in total. The fraction of sp³-hybridized carbons (Fsp3) is 0.381. The van der Waals surface area contributed by atoms with Crippen LogP contribution in [0.2, 0.25) is 0 Å². The van der Waals surface area contributed by atoms with Crippen LogP contribution in [0.4, 0.5) is 10.5 Å². The van der Waals surface area contributed by atoms with E-state index in [1.165, 1.54) is 0 Å². The van der Waals surface area contributed by atoms with E-state index < -0.39 is 0 Å². The Morgan fingerprint density at radius 1 is 1.21 bits per heavy atom. The van der Waals surface area contributed by atoms with E-state index in [9.17, 15) is 9.59 Å². The molecule has 1 aliphatic rings. The molecule has 3 rings (SSSR count). The standard InChI is InChI=1S/C21H26N4O3/c1-3-22-14-23-21(27)25-16(12-15-8-6-5-7-9-15)13-18(26)20-17(25)10-11-19(24-20)28-4-2/h5-11,16,22H,3-4,12-14H2,1-2H3,(H,23,27). The molecule has 2 aromatic rings. The number of hydrogen-bond donors (Lipinski definition) is 2. The zero-order valence-electron chi connectivity index (χ0n) is 16.3. The number of amides is 2. The summed E-state index contributed by atoms with van der Waals surface area (Å²) in [5.74, 6) is 0.317. The molecule has 7 heteroatoms. The summed E-state index contributed by atoms with van der Waals surface area (Å²) in [7, 11) is 0. The fourth-order valence-electron chi connectivity index (χ4n) is 3.33. The van der Waals surface area contributed by atoms with Crippen LogP contribution in [0.1, 0.15) is 36.3 Å². The molecule has 0 spiro atoms. The van der Waals surface area contributed by atoms with Gasteiger partial charge in [-0.3, -0.25) is 9.69 Å². The van der Waals surface area contributed by atoms with Crippen molar-refractivity contribution in [3.8, 4) is 5.88 Å². The quantitative estimate of drug-likeness (QED) is 0.568. The van der Waals surface area contributed by atoms with Crippen LogP contribution in [0.5, 0.6) is 5.88 Å². The number of fused-ring (bicyclic) bond motifs is 1. The SMILES string of the molecule is CCNCNC(=O)N1c2ccc(OCC)nc2C(=O)CC1Cc1ccccc1. The Morgan fingerprint density at radius 2 is 2.00 bits per heavy atom. The Morgan fingerprint density at radius 3 is 2.71 bits per heavy atom. The highest BCUT2D eigenvalue weighted by Gasteiger charge is 2.36. The highest BCUT2D eigenvalue weighted by Crippen LogP contribution is 2.32. The van der Waals surface area contributed by atoms with Crippen LogP contribution in [-0.2, 0) is 6.42 Å². The van der Waals surface area contributed by atoms with E-state index >= 15 is 0 Å². The molecule has 2 heterocycles. The number of carbonyl (C=O) groups excluding carboxylic acids is 2. The van der Waals surface area contributed by atoms with E-state index in [0.717, 1.165) is 12.1 Å². The summed E-state index contributed by atoms with van der Waals surface area (Å²) in [6.45, 7) is 5.40. The Labute approximate surface area is 165 Å². The summed E-state index contributed by atoms with van der Waals surface area (Å²) in [6.07, 6.45) is 0.812. The molecule has 28 heavy (non-hydrogen) atoms. The minimum atomic E-state index is -0.274. The number of Topliss-reactive ketones (excluding diaryl/α,β-unsaturated/α-hetero) is 1. The molecule has 0 saturated heterocycles. The molecule has 1 unspecified atom stereocenters. The van der Waals surface area contributed by atoms with Gasteiger partial charge < -0.3 is 15.4 Å². The predicted molar refractivity (Wildman–Crippen MR) is 108 cm³/mol. The Bertz CT molecular complexity index is 826. The van der Waals surface area contributed by atoms with E-state index in [0.29, 0.717) is 31.3 Å². The average Bonchev–Trinajstić information content (AvgIpc) is 2.70. The summed E-state index contributed by atoms with van der Waals surface area (Å²) < 4.78 is 5.43. The van der Waals surface area contributed by atoms with Crippen molar-refractivity contribution in [1.82, 2.24) is 15.6 Å². The van der Waals surface area contributed by atoms with Gasteiger partial charge in [0.1, 0.15) is 5.69 Å². The molecule has 0 saturated carbocycles. The molecule has 1 aromatic heterocycles. The molecule has 2 amide bonds. The zero-order chi connectivity index (χ0) is 19.9. The van der Waals surface area contributed by atoms with E-state index in [1.54, 1.807) is 17.0 Å². The number of nitrogens with one attached hydrogen (secondary N) is 2. The van der Waals surface area contributed by atoms with Crippen LogP contribution in [0, 0.1) is 0 Å². The second-order valence-electron chi connectivity index (χ2n) is 6.55. The first kappa shape index (κ1) is 19.8. The van der Waals surface area contributed by atoms with E-state index in [2.05, 4.69) is 15.6 Å². The number of pyridine rings is 1. The first-order valence-electron chi connectivity index (χ1n) is 9.62. The largest absolute Gasteiger partial charge is 0.478 e. The van der Waals surface area contributed by atoms with Crippen LogP contribution >= 0.6 is 0 Å². The maximum atomic E-state index is 13.0. The van der Waals surface area contributed by atoms with Gasteiger partial charge in [-0.05, 0) is 31.5 Å². The third kappa shape index (κ3) is 4.48. The van der Waals surface area contributed by atoms with E-state index in [1.807, 2.05) is 44.2 Å². The second-order valence-corrected chi connectivity index (χ2v) is 6.55. The summed E-state index contributed by atoms with van der Waals surface area (Å²) in [6, 6.07) is 12.8. The maximum absolute atomic E-state index is 13.0. The highest BCUT2D eigenvalue weighted by atomic mass is 16.5. The Hall–Kier alpha value is -2.93. The topological polar surface area (TPSA) is 83.6 Å². The van der Waals surface area contributed by atoms with Crippen LogP contribution in [0.25, 0.3) is 0 Å². The van der Waals surface area contributed by atoms with Gasteiger partial charge in [0.25, 0.3) is 0 Å². The molecule has 1 aromatic carbocycles. The molecule has 1 aliphatic heterocycles. The number of anilines is 1. The van der Waals surface area contributed by atoms with Gasteiger partial charge in [-0.1, -0.05) is 37.3 Å². The highest BCUT2D eigenvalue weighted by molar-refractivity contribution is 6.08. The van der Waals surface area contributed by atoms with Gasteiger partial charge in [-0.25, -0.2) is 9.78 Å². The number of ketones is 1. The summed E-state index contributed by atoms with van der Waals surface area (Å²) >= 11 is 0. The maximum Gasteiger partial charge on any atom is 0.323 e. The van der Waals surface area contributed by atoms with Crippen LogP contribution in [-0.4, -0.2) is 42.7 Å². The predicted octanol–water partition coefficient (Wildman–Crippen LogP) is 2.76. The van der Waals surface area contributed by atoms with E-state index in [4.69, 9.17) is 4.74 Å². The van der Waals surface area contributed by atoms with Gasteiger partial charge in [-0.2, -0.15) is 0 Å². The smallest absolute Gasteiger partial charge is 0.323 e. The number of ether oxygens (including phenoxy) is 1. The Kier molecular flexibility index (Phi) is 6.60. The second kappa shape index (κ2) is 9.32. The first-order valence-corrected chi connectivity index (χ1v) is 9.62.